The maximum atomic E-state index is 11.6. The first-order valence-electron chi connectivity index (χ1n) is 4.75. The molecule has 0 aromatic rings. The second-order valence-electron chi connectivity index (χ2n) is 3.85. The van der Waals surface area contributed by atoms with Gasteiger partial charge in [0.1, 0.15) is 0 Å². The number of hydrogen-bond acceptors (Lipinski definition) is 1. The summed E-state index contributed by atoms with van der Waals surface area (Å²) in [6.07, 6.45) is 4.38. The minimum atomic E-state index is 0.144. The van der Waals surface area contributed by atoms with Crippen LogP contribution in [0, 0.1) is 12.3 Å². The van der Waals surface area contributed by atoms with Crippen LogP contribution < -0.4 is 0 Å². The van der Waals surface area contributed by atoms with Crippen molar-refractivity contribution < 1.29 is 4.79 Å². The Morgan fingerprint density at radius 1 is 1.58 bits per heavy atom. The average Bonchev–Trinajstić information content (AvgIpc) is 2.04. The smallest absolute Gasteiger partial charge is 0.225 e. The van der Waals surface area contributed by atoms with E-state index < -0.39 is 0 Å². The Hall–Kier alpha value is -0.530. The Morgan fingerprint density at radius 2 is 2.25 bits per heavy atom. The van der Waals surface area contributed by atoms with Crippen LogP contribution in [0.4, 0.5) is 0 Å². The summed E-state index contributed by atoms with van der Waals surface area (Å²) in [4.78, 5) is 13.6. The monoisotopic (exact) mass is 168 g/mol. The van der Waals surface area contributed by atoms with Crippen molar-refractivity contribution in [3.8, 4) is 0 Å². The summed E-state index contributed by atoms with van der Waals surface area (Å²) in [6, 6.07) is 0.411. The molecule has 0 aromatic heterocycles. The van der Waals surface area contributed by atoms with Gasteiger partial charge in [-0.2, -0.15) is 0 Å². The molecule has 69 valence electrons. The predicted molar refractivity (Wildman–Crippen MR) is 49.5 cm³/mol. The van der Waals surface area contributed by atoms with Gasteiger partial charge in [0.25, 0.3) is 0 Å². The summed E-state index contributed by atoms with van der Waals surface area (Å²) < 4.78 is 0. The lowest BCUT2D eigenvalue weighted by Crippen LogP contribution is -2.44. The average molecular weight is 168 g/mol. The summed E-state index contributed by atoms with van der Waals surface area (Å²) in [7, 11) is 0. The van der Waals surface area contributed by atoms with Crippen molar-refractivity contribution in [2.75, 3.05) is 6.54 Å². The van der Waals surface area contributed by atoms with Crippen LogP contribution in [0.3, 0.4) is 0 Å². The Morgan fingerprint density at radius 3 is 2.75 bits per heavy atom. The zero-order chi connectivity index (χ0) is 9.14. The number of amides is 1. The van der Waals surface area contributed by atoms with Crippen LogP contribution in [0.5, 0.6) is 0 Å². The molecule has 1 fully saturated rings. The second-order valence-corrected chi connectivity index (χ2v) is 3.85. The minimum Gasteiger partial charge on any atom is -0.340 e. The lowest BCUT2D eigenvalue weighted by molar-refractivity contribution is -0.137. The third-order valence-electron chi connectivity index (χ3n) is 2.39. The molecule has 0 aromatic carbocycles. The van der Waals surface area contributed by atoms with Gasteiger partial charge >= 0.3 is 0 Å². The summed E-state index contributed by atoms with van der Waals surface area (Å²) >= 11 is 0. The van der Waals surface area contributed by atoms with Crippen LogP contribution in [0.15, 0.2) is 0 Å². The van der Waals surface area contributed by atoms with Crippen molar-refractivity contribution in [2.45, 2.75) is 39.7 Å². The first-order valence-corrected chi connectivity index (χ1v) is 4.75. The van der Waals surface area contributed by atoms with Crippen molar-refractivity contribution in [3.05, 3.63) is 6.42 Å². The van der Waals surface area contributed by atoms with E-state index in [4.69, 9.17) is 0 Å². The normalized spacial score (nSPS) is 24.7. The summed E-state index contributed by atoms with van der Waals surface area (Å²) in [5.74, 6) is 0.446. The van der Waals surface area contributed by atoms with Crippen LogP contribution >= 0.6 is 0 Å². The van der Waals surface area contributed by atoms with Crippen molar-refractivity contribution in [3.63, 3.8) is 0 Å². The van der Waals surface area contributed by atoms with E-state index in [0.29, 0.717) is 11.9 Å². The Labute approximate surface area is 74.9 Å². The van der Waals surface area contributed by atoms with Crippen LogP contribution in [-0.4, -0.2) is 23.4 Å². The second kappa shape index (κ2) is 3.92. The summed E-state index contributed by atoms with van der Waals surface area (Å²) in [6.45, 7) is 6.97. The molecule has 0 bridgehead atoms. The number of piperidine rings is 1. The van der Waals surface area contributed by atoms with E-state index in [-0.39, 0.29) is 5.92 Å². The molecule has 1 radical (unpaired) electrons. The molecule has 2 nitrogen and oxygen atoms in total. The van der Waals surface area contributed by atoms with Gasteiger partial charge in [-0.1, -0.05) is 13.8 Å². The molecule has 0 N–H and O–H groups in total. The van der Waals surface area contributed by atoms with Crippen LogP contribution in [0.1, 0.15) is 33.6 Å². The fourth-order valence-corrected chi connectivity index (χ4v) is 1.60. The van der Waals surface area contributed by atoms with Gasteiger partial charge in [0.2, 0.25) is 5.91 Å². The van der Waals surface area contributed by atoms with Gasteiger partial charge in [-0.25, -0.2) is 0 Å². The molecule has 1 amide bonds. The fraction of sp³-hybridized carbons (Fsp3) is 0.800. The fourth-order valence-electron chi connectivity index (χ4n) is 1.60. The lowest BCUT2D eigenvalue weighted by atomic mass is 10.0. The van der Waals surface area contributed by atoms with E-state index in [2.05, 4.69) is 13.3 Å². The minimum absolute atomic E-state index is 0.144. The third-order valence-corrected chi connectivity index (χ3v) is 2.39. The summed E-state index contributed by atoms with van der Waals surface area (Å²) in [5, 5.41) is 0. The molecule has 2 heteroatoms. The largest absolute Gasteiger partial charge is 0.340 e. The molecule has 12 heavy (non-hydrogen) atoms. The Bertz CT molecular complexity index is 165. The molecule has 1 rings (SSSR count). The van der Waals surface area contributed by atoms with Gasteiger partial charge in [-0.3, -0.25) is 4.79 Å². The highest BCUT2D eigenvalue weighted by Crippen LogP contribution is 2.17. The topological polar surface area (TPSA) is 20.3 Å². The number of hydrogen-bond donors (Lipinski definition) is 0. The van der Waals surface area contributed by atoms with E-state index >= 15 is 0 Å². The highest BCUT2D eigenvalue weighted by Gasteiger charge is 2.24. The number of nitrogens with zero attached hydrogens (tertiary/aromatic N) is 1. The molecule has 0 spiro atoms. The predicted octanol–water partition coefficient (Wildman–Crippen LogP) is 1.86. The van der Waals surface area contributed by atoms with E-state index in [1.54, 1.807) is 0 Å². The van der Waals surface area contributed by atoms with E-state index in [1.165, 1.54) is 0 Å². The first kappa shape index (κ1) is 9.56. The molecule has 0 unspecified atom stereocenters. The number of carbonyl (C=O) groups excluding carboxylic acids is 1. The molecule has 1 atom stereocenters. The van der Waals surface area contributed by atoms with Crippen molar-refractivity contribution in [1.29, 1.82) is 0 Å². The van der Waals surface area contributed by atoms with E-state index in [9.17, 15) is 4.79 Å². The van der Waals surface area contributed by atoms with E-state index in [1.807, 2.05) is 18.7 Å². The van der Waals surface area contributed by atoms with Crippen molar-refractivity contribution >= 4 is 5.91 Å². The highest BCUT2D eigenvalue weighted by molar-refractivity contribution is 5.78. The zero-order valence-corrected chi connectivity index (χ0v) is 8.21. The van der Waals surface area contributed by atoms with Crippen LogP contribution in [-0.2, 0) is 4.79 Å². The van der Waals surface area contributed by atoms with Gasteiger partial charge in [-0.15, -0.1) is 0 Å². The SMILES string of the molecule is CC(C)C(=O)N1CC[CH]C[C@@H]1C. The number of likely N-dealkylation sites (tertiary alicyclic amines) is 1. The van der Waals surface area contributed by atoms with Gasteiger partial charge in [-0.05, 0) is 26.2 Å². The Balaban J connectivity index is 2.53. The molecule has 1 aliphatic heterocycles. The molecular weight excluding hydrogens is 150 g/mol. The lowest BCUT2D eigenvalue weighted by Gasteiger charge is -2.34. The van der Waals surface area contributed by atoms with Crippen LogP contribution in [0.2, 0.25) is 0 Å². The molecule has 0 aliphatic carbocycles. The molecule has 1 heterocycles. The highest BCUT2D eigenvalue weighted by atomic mass is 16.2. The standard InChI is InChI=1S/C10H18NO/c1-8(2)10(12)11-7-5-4-6-9(11)3/h4,8-9H,5-7H2,1-3H3/t9-/m0/s1. The van der Waals surface area contributed by atoms with Crippen molar-refractivity contribution in [1.82, 2.24) is 4.90 Å². The zero-order valence-electron chi connectivity index (χ0n) is 8.21. The number of rotatable bonds is 1. The molecule has 1 aliphatic rings. The van der Waals surface area contributed by atoms with E-state index in [0.717, 1.165) is 19.4 Å². The van der Waals surface area contributed by atoms with Gasteiger partial charge in [0, 0.05) is 18.5 Å². The Kier molecular flexibility index (Phi) is 3.12. The molecule has 1 saturated heterocycles. The van der Waals surface area contributed by atoms with Crippen molar-refractivity contribution in [2.24, 2.45) is 5.92 Å². The van der Waals surface area contributed by atoms with Gasteiger partial charge in [0.15, 0.2) is 0 Å². The third kappa shape index (κ3) is 1.99. The quantitative estimate of drug-likeness (QED) is 0.585. The summed E-state index contributed by atoms with van der Waals surface area (Å²) in [5.41, 5.74) is 0. The maximum Gasteiger partial charge on any atom is 0.225 e. The molecule has 0 saturated carbocycles. The van der Waals surface area contributed by atoms with Crippen LogP contribution in [0.25, 0.3) is 0 Å². The van der Waals surface area contributed by atoms with Gasteiger partial charge < -0.3 is 4.90 Å². The maximum absolute atomic E-state index is 11.6. The van der Waals surface area contributed by atoms with Gasteiger partial charge in [0.05, 0.1) is 0 Å². The first-order chi connectivity index (χ1) is 5.63. The number of carbonyl (C=O) groups is 1. The molecular formula is C10H18NO.